The van der Waals surface area contributed by atoms with Crippen molar-refractivity contribution in [2.24, 2.45) is 0 Å². The van der Waals surface area contributed by atoms with Crippen molar-refractivity contribution in [3.05, 3.63) is 50.9 Å². The molecule has 4 aromatic rings. The van der Waals surface area contributed by atoms with E-state index in [1.54, 1.807) is 39.0 Å². The molecule has 0 bridgehead atoms. The summed E-state index contributed by atoms with van der Waals surface area (Å²) in [5.41, 5.74) is 1.08. The third kappa shape index (κ3) is 4.54. The van der Waals surface area contributed by atoms with Crippen molar-refractivity contribution in [1.29, 1.82) is 0 Å². The first-order valence-electron chi connectivity index (χ1n) is 10.4. The highest BCUT2D eigenvalue weighted by Crippen LogP contribution is 2.28. The molecule has 0 spiro atoms. The summed E-state index contributed by atoms with van der Waals surface area (Å²) in [6.07, 6.45) is 1.28. The number of carbonyl (C=O) groups is 3. The Morgan fingerprint density at radius 3 is 2.56 bits per heavy atom. The lowest BCUT2D eigenvalue weighted by Crippen LogP contribution is -2.27. The molecular weight excluding hydrogens is 480 g/mol. The number of hydrogen-bond acceptors (Lipinski definition) is 10. The summed E-state index contributed by atoms with van der Waals surface area (Å²) >= 11 is 2.29. The van der Waals surface area contributed by atoms with E-state index in [1.807, 2.05) is 0 Å². The Labute approximate surface area is 201 Å². The monoisotopic (exact) mass is 500 g/mol. The summed E-state index contributed by atoms with van der Waals surface area (Å²) in [7, 11) is 0. The zero-order chi connectivity index (χ0) is 24.4. The molecule has 3 heterocycles. The van der Waals surface area contributed by atoms with Crippen molar-refractivity contribution in [2.75, 3.05) is 18.5 Å². The number of esters is 2. The number of ether oxygens (including phenoxy) is 2. The Morgan fingerprint density at radius 2 is 1.82 bits per heavy atom. The van der Waals surface area contributed by atoms with Crippen molar-refractivity contribution in [2.45, 2.75) is 27.3 Å². The van der Waals surface area contributed by atoms with Gasteiger partial charge in [-0.25, -0.2) is 19.6 Å². The molecule has 0 atom stereocenters. The summed E-state index contributed by atoms with van der Waals surface area (Å²) in [6, 6.07) is 4.94. The van der Waals surface area contributed by atoms with Crippen LogP contribution in [0.25, 0.3) is 20.4 Å². The lowest BCUT2D eigenvalue weighted by molar-refractivity contribution is -0.116. The summed E-state index contributed by atoms with van der Waals surface area (Å²) in [4.78, 5) is 59.0. The first-order chi connectivity index (χ1) is 16.3. The standard InChI is InChI=1S/C22H20N4O6S2/c1-4-31-20(29)12-6-7-13-14(8-12)33-22(24-13)25-15(27)9-26-10-23-18-16(19(26)28)11(3)17(34-18)21(30)32-5-2/h6-8,10H,4-5,9H2,1-3H3,(H,24,25,27). The van der Waals surface area contributed by atoms with E-state index < -0.39 is 23.4 Å². The molecular formula is C22H20N4O6S2. The maximum absolute atomic E-state index is 13.0. The fourth-order valence-corrected chi connectivity index (χ4v) is 5.25. The maximum Gasteiger partial charge on any atom is 0.348 e. The second-order valence-corrected chi connectivity index (χ2v) is 9.13. The largest absolute Gasteiger partial charge is 0.462 e. The normalized spacial score (nSPS) is 11.0. The third-order valence-electron chi connectivity index (χ3n) is 4.84. The fourth-order valence-electron chi connectivity index (χ4n) is 3.30. The zero-order valence-corrected chi connectivity index (χ0v) is 20.2. The van der Waals surface area contributed by atoms with Gasteiger partial charge in [0.25, 0.3) is 5.56 Å². The number of benzene rings is 1. The minimum absolute atomic E-state index is 0.222. The smallest absolute Gasteiger partial charge is 0.348 e. The molecule has 176 valence electrons. The molecule has 10 nitrogen and oxygen atoms in total. The topological polar surface area (TPSA) is 129 Å². The van der Waals surface area contributed by atoms with Gasteiger partial charge in [-0.2, -0.15) is 0 Å². The Bertz CT molecular complexity index is 1490. The predicted molar refractivity (Wildman–Crippen MR) is 129 cm³/mol. The van der Waals surface area contributed by atoms with E-state index in [4.69, 9.17) is 9.47 Å². The molecule has 3 aromatic heterocycles. The van der Waals surface area contributed by atoms with Gasteiger partial charge in [0.05, 0.1) is 40.7 Å². The molecule has 0 aliphatic rings. The van der Waals surface area contributed by atoms with Crippen LogP contribution in [0.15, 0.2) is 29.3 Å². The number of amides is 1. The van der Waals surface area contributed by atoms with Crippen LogP contribution in [0.4, 0.5) is 5.13 Å². The SMILES string of the molecule is CCOC(=O)c1ccc2nc(NC(=O)Cn3cnc4sc(C(=O)OCC)c(C)c4c3=O)sc2c1. The van der Waals surface area contributed by atoms with Crippen LogP contribution in [0.1, 0.15) is 39.4 Å². The average molecular weight is 501 g/mol. The number of nitrogens with one attached hydrogen (secondary N) is 1. The third-order valence-corrected chi connectivity index (χ3v) is 6.95. The number of carbonyl (C=O) groups excluding carboxylic acids is 3. The van der Waals surface area contributed by atoms with Gasteiger partial charge in [-0.05, 0) is 44.5 Å². The molecule has 0 radical (unpaired) electrons. The van der Waals surface area contributed by atoms with E-state index in [9.17, 15) is 19.2 Å². The molecule has 1 aromatic carbocycles. The van der Waals surface area contributed by atoms with E-state index in [0.29, 0.717) is 36.2 Å². The Hall–Kier alpha value is -3.64. The van der Waals surface area contributed by atoms with Crippen LogP contribution in [0.3, 0.4) is 0 Å². The number of fused-ring (bicyclic) bond motifs is 2. The van der Waals surface area contributed by atoms with E-state index in [2.05, 4.69) is 15.3 Å². The molecule has 0 saturated carbocycles. The molecule has 0 aliphatic heterocycles. The quantitative estimate of drug-likeness (QED) is 0.382. The second-order valence-electron chi connectivity index (χ2n) is 7.10. The summed E-state index contributed by atoms with van der Waals surface area (Å²) in [5, 5.41) is 3.30. The van der Waals surface area contributed by atoms with Gasteiger partial charge in [0.2, 0.25) is 5.91 Å². The van der Waals surface area contributed by atoms with Crippen LogP contribution in [0.2, 0.25) is 0 Å². The minimum Gasteiger partial charge on any atom is -0.462 e. The molecule has 0 unspecified atom stereocenters. The highest BCUT2D eigenvalue weighted by molar-refractivity contribution is 7.22. The molecule has 0 aliphatic carbocycles. The summed E-state index contributed by atoms with van der Waals surface area (Å²) in [6.45, 7) is 5.31. The molecule has 1 amide bonds. The van der Waals surface area contributed by atoms with Gasteiger partial charge in [-0.3, -0.25) is 14.2 Å². The van der Waals surface area contributed by atoms with Gasteiger partial charge in [-0.15, -0.1) is 11.3 Å². The molecule has 0 saturated heterocycles. The molecule has 4 rings (SSSR count). The number of rotatable bonds is 7. The minimum atomic E-state index is -0.506. The first-order valence-corrected chi connectivity index (χ1v) is 12.0. The number of nitrogens with zero attached hydrogens (tertiary/aromatic N) is 3. The van der Waals surface area contributed by atoms with E-state index in [1.165, 1.54) is 22.2 Å². The van der Waals surface area contributed by atoms with E-state index >= 15 is 0 Å². The summed E-state index contributed by atoms with van der Waals surface area (Å²) in [5.74, 6) is -1.40. The van der Waals surface area contributed by atoms with Crippen molar-refractivity contribution < 1.29 is 23.9 Å². The van der Waals surface area contributed by atoms with Crippen LogP contribution < -0.4 is 10.9 Å². The molecule has 1 N–H and O–H groups in total. The number of thiophene rings is 1. The Kier molecular flexibility index (Phi) is 6.70. The highest BCUT2D eigenvalue weighted by atomic mass is 32.1. The lowest BCUT2D eigenvalue weighted by atomic mass is 10.2. The van der Waals surface area contributed by atoms with Crippen LogP contribution in [-0.2, 0) is 20.8 Å². The number of hydrogen-bond donors (Lipinski definition) is 1. The van der Waals surface area contributed by atoms with E-state index in [0.717, 1.165) is 11.3 Å². The van der Waals surface area contributed by atoms with Crippen molar-refractivity contribution in [3.8, 4) is 0 Å². The van der Waals surface area contributed by atoms with Gasteiger partial charge < -0.3 is 14.8 Å². The Morgan fingerprint density at radius 1 is 1.09 bits per heavy atom. The predicted octanol–water partition coefficient (Wildman–Crippen LogP) is 3.37. The maximum atomic E-state index is 13.0. The number of anilines is 1. The molecule has 0 fully saturated rings. The fraction of sp³-hybridized carbons (Fsp3) is 0.273. The number of aromatic nitrogens is 3. The van der Waals surface area contributed by atoms with Gasteiger partial charge >= 0.3 is 11.9 Å². The van der Waals surface area contributed by atoms with E-state index in [-0.39, 0.29) is 25.1 Å². The van der Waals surface area contributed by atoms with Gasteiger partial charge in [0.1, 0.15) is 16.3 Å². The number of thiazole rings is 1. The summed E-state index contributed by atoms with van der Waals surface area (Å²) < 4.78 is 11.9. The molecule has 34 heavy (non-hydrogen) atoms. The van der Waals surface area contributed by atoms with Crippen molar-refractivity contribution >= 4 is 66.1 Å². The molecule has 12 heteroatoms. The highest BCUT2D eigenvalue weighted by Gasteiger charge is 2.21. The van der Waals surface area contributed by atoms with Gasteiger partial charge in [0.15, 0.2) is 5.13 Å². The van der Waals surface area contributed by atoms with Crippen LogP contribution in [0.5, 0.6) is 0 Å². The van der Waals surface area contributed by atoms with Gasteiger partial charge in [-0.1, -0.05) is 11.3 Å². The van der Waals surface area contributed by atoms with Crippen molar-refractivity contribution in [3.63, 3.8) is 0 Å². The second kappa shape index (κ2) is 9.69. The van der Waals surface area contributed by atoms with Gasteiger partial charge in [0, 0.05) is 0 Å². The van der Waals surface area contributed by atoms with Crippen LogP contribution in [-0.4, -0.2) is 45.6 Å². The Balaban J connectivity index is 1.54. The van der Waals surface area contributed by atoms with Crippen molar-refractivity contribution in [1.82, 2.24) is 14.5 Å². The van der Waals surface area contributed by atoms with Crippen LogP contribution >= 0.6 is 22.7 Å². The lowest BCUT2D eigenvalue weighted by Gasteiger charge is -2.05. The first kappa shape index (κ1) is 23.5. The van der Waals surface area contributed by atoms with Crippen LogP contribution in [0, 0.1) is 6.92 Å². The average Bonchev–Trinajstić information content (AvgIpc) is 3.35. The zero-order valence-electron chi connectivity index (χ0n) is 18.5. The number of aryl methyl sites for hydroxylation is 1.